The van der Waals surface area contributed by atoms with Gasteiger partial charge in [0.05, 0.1) is 12.7 Å². The molecule has 1 aliphatic rings. The highest BCUT2D eigenvalue weighted by molar-refractivity contribution is 5.68. The van der Waals surface area contributed by atoms with Crippen molar-refractivity contribution in [2.75, 3.05) is 20.2 Å². The van der Waals surface area contributed by atoms with Crippen molar-refractivity contribution in [1.29, 1.82) is 0 Å². The molecule has 1 amide bonds. The van der Waals surface area contributed by atoms with Crippen molar-refractivity contribution >= 4 is 6.09 Å². The second-order valence-electron chi connectivity index (χ2n) is 7.57. The van der Waals surface area contributed by atoms with Gasteiger partial charge < -0.3 is 18.9 Å². The van der Waals surface area contributed by atoms with E-state index in [2.05, 4.69) is 11.2 Å². The number of aromatic nitrogens is 1. The average Bonchev–Trinajstić information content (AvgIpc) is 3.02. The first-order chi connectivity index (χ1) is 12.3. The van der Waals surface area contributed by atoms with E-state index >= 15 is 0 Å². The van der Waals surface area contributed by atoms with E-state index in [1.807, 2.05) is 39.0 Å². The molecule has 0 saturated carbocycles. The Morgan fingerprint density at radius 3 is 2.85 bits per heavy atom. The van der Waals surface area contributed by atoms with Gasteiger partial charge in [-0.1, -0.05) is 23.4 Å². The molecule has 1 atom stereocenters. The van der Waals surface area contributed by atoms with Gasteiger partial charge in [0.1, 0.15) is 11.7 Å². The number of nitrogens with zero attached hydrogens (tertiary/aromatic N) is 2. The molecule has 3 rings (SSSR count). The number of amides is 1. The largest absolute Gasteiger partial charge is 0.444 e. The van der Waals surface area contributed by atoms with Crippen LogP contribution in [0.4, 0.5) is 4.79 Å². The zero-order valence-corrected chi connectivity index (χ0v) is 15.8. The SMILES string of the molecule is CN(C[C@@H]1OCCCc2c(-c3ccno3)cccc21)C(=O)OC(C)(C)C. The molecule has 0 saturated heterocycles. The maximum atomic E-state index is 12.3. The minimum Gasteiger partial charge on any atom is -0.444 e. The molecule has 0 N–H and O–H groups in total. The number of benzene rings is 1. The van der Waals surface area contributed by atoms with Gasteiger partial charge in [0, 0.05) is 25.3 Å². The van der Waals surface area contributed by atoms with Crippen LogP contribution in [0.1, 0.15) is 44.4 Å². The summed E-state index contributed by atoms with van der Waals surface area (Å²) in [6.07, 6.45) is 2.92. The molecular formula is C20H26N2O4. The fourth-order valence-electron chi connectivity index (χ4n) is 3.15. The lowest BCUT2D eigenvalue weighted by Gasteiger charge is -2.28. The molecule has 0 unspecified atom stereocenters. The van der Waals surface area contributed by atoms with E-state index in [-0.39, 0.29) is 12.2 Å². The van der Waals surface area contributed by atoms with Crippen LogP contribution in [0.3, 0.4) is 0 Å². The van der Waals surface area contributed by atoms with Gasteiger partial charge in [-0.05, 0) is 44.7 Å². The van der Waals surface area contributed by atoms with E-state index in [4.69, 9.17) is 14.0 Å². The lowest BCUT2D eigenvalue weighted by atomic mass is 9.93. The van der Waals surface area contributed by atoms with Crippen LogP contribution in [0.25, 0.3) is 11.3 Å². The summed E-state index contributed by atoms with van der Waals surface area (Å²) >= 11 is 0. The molecule has 140 valence electrons. The lowest BCUT2D eigenvalue weighted by Crippen LogP contribution is -2.37. The summed E-state index contributed by atoms with van der Waals surface area (Å²) in [5.41, 5.74) is 2.80. The number of hydrogen-bond donors (Lipinski definition) is 0. The van der Waals surface area contributed by atoms with Crippen LogP contribution in [-0.2, 0) is 15.9 Å². The van der Waals surface area contributed by atoms with Crippen LogP contribution in [0.5, 0.6) is 0 Å². The number of rotatable bonds is 3. The van der Waals surface area contributed by atoms with Gasteiger partial charge in [-0.15, -0.1) is 0 Å². The topological polar surface area (TPSA) is 64.8 Å². The van der Waals surface area contributed by atoms with E-state index in [1.165, 1.54) is 5.56 Å². The maximum absolute atomic E-state index is 12.3. The Morgan fingerprint density at radius 1 is 1.35 bits per heavy atom. The van der Waals surface area contributed by atoms with Gasteiger partial charge in [0.15, 0.2) is 5.76 Å². The van der Waals surface area contributed by atoms with E-state index in [0.717, 1.165) is 29.7 Å². The summed E-state index contributed by atoms with van der Waals surface area (Å²) in [6.45, 7) is 6.67. The Bertz CT molecular complexity index is 750. The van der Waals surface area contributed by atoms with E-state index < -0.39 is 5.60 Å². The quantitative estimate of drug-likeness (QED) is 0.822. The summed E-state index contributed by atoms with van der Waals surface area (Å²) in [6, 6.07) is 7.96. The number of carbonyl (C=O) groups is 1. The molecular weight excluding hydrogens is 332 g/mol. The third kappa shape index (κ3) is 4.25. The molecule has 1 aromatic carbocycles. The first-order valence-corrected chi connectivity index (χ1v) is 8.94. The second kappa shape index (κ2) is 7.50. The van der Waals surface area contributed by atoms with Crippen molar-refractivity contribution in [3.63, 3.8) is 0 Å². The Labute approximate surface area is 154 Å². The molecule has 1 aromatic heterocycles. The van der Waals surface area contributed by atoms with Crippen LogP contribution in [0.15, 0.2) is 35.0 Å². The first-order valence-electron chi connectivity index (χ1n) is 8.94. The van der Waals surface area contributed by atoms with Crippen molar-refractivity contribution in [3.05, 3.63) is 41.6 Å². The fraction of sp³-hybridized carbons (Fsp3) is 0.500. The van der Waals surface area contributed by atoms with Crippen LogP contribution in [-0.4, -0.2) is 42.0 Å². The summed E-state index contributed by atoms with van der Waals surface area (Å²) in [5.74, 6) is 0.753. The summed E-state index contributed by atoms with van der Waals surface area (Å²) in [4.78, 5) is 13.9. The molecule has 0 fully saturated rings. The zero-order chi connectivity index (χ0) is 18.7. The normalized spacial score (nSPS) is 17.3. The molecule has 0 aliphatic carbocycles. The van der Waals surface area contributed by atoms with Crippen LogP contribution < -0.4 is 0 Å². The predicted octanol–water partition coefficient (Wildman–Crippen LogP) is 4.21. The van der Waals surface area contributed by atoms with Crippen molar-refractivity contribution in [2.45, 2.75) is 45.3 Å². The minimum atomic E-state index is -0.521. The highest BCUT2D eigenvalue weighted by Gasteiger charge is 2.27. The maximum Gasteiger partial charge on any atom is 0.410 e. The van der Waals surface area contributed by atoms with Crippen LogP contribution in [0.2, 0.25) is 0 Å². The minimum absolute atomic E-state index is 0.201. The third-order valence-electron chi connectivity index (χ3n) is 4.30. The van der Waals surface area contributed by atoms with E-state index in [0.29, 0.717) is 13.2 Å². The monoisotopic (exact) mass is 358 g/mol. The fourth-order valence-corrected chi connectivity index (χ4v) is 3.15. The molecule has 0 spiro atoms. The molecule has 2 aromatic rings. The van der Waals surface area contributed by atoms with Gasteiger partial charge in [-0.3, -0.25) is 0 Å². The number of ether oxygens (including phenoxy) is 2. The van der Waals surface area contributed by atoms with E-state index in [1.54, 1.807) is 18.1 Å². The van der Waals surface area contributed by atoms with Gasteiger partial charge in [-0.25, -0.2) is 4.79 Å². The van der Waals surface area contributed by atoms with Crippen molar-refractivity contribution in [3.8, 4) is 11.3 Å². The molecule has 6 nitrogen and oxygen atoms in total. The number of carbonyl (C=O) groups excluding carboxylic acids is 1. The van der Waals surface area contributed by atoms with Gasteiger partial charge >= 0.3 is 6.09 Å². The standard InChI is InChI=1S/C20H26N2O4/c1-20(2,3)25-19(23)22(4)13-18-16-8-5-7-15(17-10-11-21-26-17)14(16)9-6-12-24-18/h5,7-8,10-11,18H,6,9,12-13H2,1-4H3/t18-/m0/s1. The molecule has 2 heterocycles. The summed E-state index contributed by atoms with van der Waals surface area (Å²) < 4.78 is 16.9. The Hall–Kier alpha value is -2.34. The van der Waals surface area contributed by atoms with Gasteiger partial charge in [-0.2, -0.15) is 0 Å². The van der Waals surface area contributed by atoms with Gasteiger partial charge in [0.2, 0.25) is 0 Å². The third-order valence-corrected chi connectivity index (χ3v) is 4.30. The molecule has 26 heavy (non-hydrogen) atoms. The lowest BCUT2D eigenvalue weighted by molar-refractivity contribution is 0.00410. The average molecular weight is 358 g/mol. The summed E-state index contributed by atoms with van der Waals surface area (Å²) in [5, 5.41) is 3.82. The van der Waals surface area contributed by atoms with Gasteiger partial charge in [0.25, 0.3) is 0 Å². The highest BCUT2D eigenvalue weighted by atomic mass is 16.6. The molecule has 1 aliphatic heterocycles. The van der Waals surface area contributed by atoms with Crippen LogP contribution in [0, 0.1) is 0 Å². The van der Waals surface area contributed by atoms with Crippen LogP contribution >= 0.6 is 0 Å². The number of hydrogen-bond acceptors (Lipinski definition) is 5. The Kier molecular flexibility index (Phi) is 5.32. The zero-order valence-electron chi connectivity index (χ0n) is 15.8. The molecule has 6 heteroatoms. The predicted molar refractivity (Wildman–Crippen MR) is 97.8 cm³/mol. The van der Waals surface area contributed by atoms with Crippen molar-refractivity contribution in [1.82, 2.24) is 10.1 Å². The smallest absolute Gasteiger partial charge is 0.410 e. The Morgan fingerprint density at radius 2 is 2.15 bits per heavy atom. The number of likely N-dealkylation sites (N-methyl/N-ethyl adjacent to an activating group) is 1. The van der Waals surface area contributed by atoms with Crippen molar-refractivity contribution in [2.24, 2.45) is 0 Å². The Balaban J connectivity index is 1.85. The number of fused-ring (bicyclic) bond motifs is 1. The second-order valence-corrected chi connectivity index (χ2v) is 7.57. The highest BCUT2D eigenvalue weighted by Crippen LogP contribution is 2.34. The summed E-state index contributed by atoms with van der Waals surface area (Å²) in [7, 11) is 1.74. The first kappa shape index (κ1) is 18.5. The van der Waals surface area contributed by atoms with E-state index in [9.17, 15) is 4.79 Å². The molecule has 0 bridgehead atoms. The van der Waals surface area contributed by atoms with Crippen molar-refractivity contribution < 1.29 is 18.8 Å². The molecule has 0 radical (unpaired) electrons.